The van der Waals surface area contributed by atoms with E-state index in [1.807, 2.05) is 22.8 Å². The van der Waals surface area contributed by atoms with Crippen molar-refractivity contribution >= 4 is 50.2 Å². The summed E-state index contributed by atoms with van der Waals surface area (Å²) in [4.78, 5) is 3.83. The Hall–Kier alpha value is 0.130. The van der Waals surface area contributed by atoms with Gasteiger partial charge in [0.05, 0.1) is 11.1 Å². The number of hydrogen-bond acceptors (Lipinski definition) is 3. The molecule has 0 saturated carbocycles. The summed E-state index contributed by atoms with van der Waals surface area (Å²) in [5.41, 5.74) is 0. The van der Waals surface area contributed by atoms with Crippen molar-refractivity contribution in [1.29, 1.82) is 0 Å². The third kappa shape index (κ3) is 3.17. The van der Waals surface area contributed by atoms with Crippen molar-refractivity contribution < 1.29 is 0 Å². The van der Waals surface area contributed by atoms with Gasteiger partial charge in [-0.15, -0.1) is 22.7 Å². The van der Waals surface area contributed by atoms with Crippen LogP contribution < -0.4 is 5.32 Å². The lowest BCUT2D eigenvalue weighted by atomic mass is 10.2. The van der Waals surface area contributed by atoms with Crippen molar-refractivity contribution in [2.75, 3.05) is 6.54 Å². The fourth-order valence-corrected chi connectivity index (χ4v) is 4.73. The van der Waals surface area contributed by atoms with E-state index in [1.54, 1.807) is 11.3 Å². The second kappa shape index (κ2) is 6.53. The number of halogens is 2. The van der Waals surface area contributed by atoms with Gasteiger partial charge < -0.3 is 5.32 Å². The van der Waals surface area contributed by atoms with E-state index in [4.69, 9.17) is 11.6 Å². The monoisotopic (exact) mass is 363 g/mol. The van der Waals surface area contributed by atoms with Crippen molar-refractivity contribution in [3.63, 3.8) is 0 Å². The zero-order valence-electron chi connectivity index (χ0n) is 10.3. The summed E-state index contributed by atoms with van der Waals surface area (Å²) in [5.74, 6) is 0. The predicted octanol–water partition coefficient (Wildman–Crippen LogP) is 5.62. The summed E-state index contributed by atoms with van der Waals surface area (Å²) in [7, 11) is 0. The molecule has 0 aliphatic heterocycles. The smallest absolute Gasteiger partial charge is 0.0780 e. The SMILES string of the molecule is CCCNC(c1cc(Br)c(C)s1)c1sccc1Cl. The quantitative estimate of drug-likeness (QED) is 0.725. The fourth-order valence-electron chi connectivity index (χ4n) is 1.75. The van der Waals surface area contributed by atoms with Gasteiger partial charge >= 0.3 is 0 Å². The van der Waals surface area contributed by atoms with Gasteiger partial charge in [-0.1, -0.05) is 18.5 Å². The van der Waals surface area contributed by atoms with Crippen LogP contribution in [-0.4, -0.2) is 6.54 Å². The maximum Gasteiger partial charge on any atom is 0.0780 e. The van der Waals surface area contributed by atoms with Crippen molar-refractivity contribution in [1.82, 2.24) is 5.32 Å². The van der Waals surface area contributed by atoms with Gasteiger partial charge in [-0.05, 0) is 53.3 Å². The first kappa shape index (κ1) is 14.5. The van der Waals surface area contributed by atoms with Crippen LogP contribution in [0.1, 0.15) is 34.0 Å². The Labute approximate surface area is 129 Å². The molecule has 0 spiro atoms. The largest absolute Gasteiger partial charge is 0.305 e. The van der Waals surface area contributed by atoms with Gasteiger partial charge in [0.15, 0.2) is 0 Å². The molecule has 0 fully saturated rings. The summed E-state index contributed by atoms with van der Waals surface area (Å²) >= 11 is 13.4. The molecule has 2 aromatic heterocycles. The van der Waals surface area contributed by atoms with Crippen LogP contribution in [0.15, 0.2) is 22.0 Å². The predicted molar refractivity (Wildman–Crippen MR) is 86.2 cm³/mol. The molecule has 1 unspecified atom stereocenters. The van der Waals surface area contributed by atoms with Gasteiger partial charge in [-0.2, -0.15) is 0 Å². The molecular weight excluding hydrogens is 350 g/mol. The van der Waals surface area contributed by atoms with Crippen LogP contribution in [-0.2, 0) is 0 Å². The van der Waals surface area contributed by atoms with Crippen LogP contribution in [0.5, 0.6) is 0 Å². The van der Waals surface area contributed by atoms with Crippen LogP contribution in [0, 0.1) is 6.92 Å². The van der Waals surface area contributed by atoms with Gasteiger partial charge in [-0.25, -0.2) is 0 Å². The number of hydrogen-bond donors (Lipinski definition) is 1. The Morgan fingerprint density at radius 1 is 1.50 bits per heavy atom. The zero-order valence-corrected chi connectivity index (χ0v) is 14.3. The van der Waals surface area contributed by atoms with Gasteiger partial charge in [0.25, 0.3) is 0 Å². The number of nitrogens with one attached hydrogen (secondary N) is 1. The highest BCUT2D eigenvalue weighted by Crippen LogP contribution is 2.38. The first-order valence-electron chi connectivity index (χ1n) is 5.85. The lowest BCUT2D eigenvalue weighted by Crippen LogP contribution is -2.21. The Bertz CT molecular complexity index is 501. The Morgan fingerprint density at radius 2 is 2.28 bits per heavy atom. The van der Waals surface area contributed by atoms with Gasteiger partial charge in [-0.3, -0.25) is 0 Å². The molecule has 18 heavy (non-hydrogen) atoms. The van der Waals surface area contributed by atoms with E-state index in [0.717, 1.165) is 18.0 Å². The molecule has 0 saturated heterocycles. The molecule has 0 aliphatic rings. The summed E-state index contributed by atoms with van der Waals surface area (Å²) < 4.78 is 1.18. The maximum absolute atomic E-state index is 6.27. The van der Waals surface area contributed by atoms with Crippen LogP contribution in [0.2, 0.25) is 5.02 Å². The summed E-state index contributed by atoms with van der Waals surface area (Å²) in [5, 5.41) is 6.49. The van der Waals surface area contributed by atoms with Crippen LogP contribution >= 0.6 is 50.2 Å². The highest BCUT2D eigenvalue weighted by molar-refractivity contribution is 9.10. The van der Waals surface area contributed by atoms with E-state index in [1.165, 1.54) is 19.1 Å². The number of aryl methyl sites for hydroxylation is 1. The average molecular weight is 365 g/mol. The van der Waals surface area contributed by atoms with Gasteiger partial charge in [0.1, 0.15) is 0 Å². The minimum Gasteiger partial charge on any atom is -0.305 e. The minimum atomic E-state index is 0.215. The molecule has 1 atom stereocenters. The highest BCUT2D eigenvalue weighted by atomic mass is 79.9. The van der Waals surface area contributed by atoms with E-state index >= 15 is 0 Å². The van der Waals surface area contributed by atoms with E-state index in [-0.39, 0.29) is 6.04 Å². The first-order chi connectivity index (χ1) is 8.63. The summed E-state index contributed by atoms with van der Waals surface area (Å²) in [6.07, 6.45) is 1.12. The standard InChI is InChI=1S/C13H15BrClNS2/c1-3-5-16-12(13-10(15)4-6-17-13)11-7-9(14)8(2)18-11/h4,6-7,12,16H,3,5H2,1-2H3. The van der Waals surface area contributed by atoms with Crippen LogP contribution in [0.3, 0.4) is 0 Å². The number of rotatable bonds is 5. The zero-order chi connectivity index (χ0) is 13.1. The first-order valence-corrected chi connectivity index (χ1v) is 8.72. The Morgan fingerprint density at radius 3 is 2.78 bits per heavy atom. The minimum absolute atomic E-state index is 0.215. The van der Waals surface area contributed by atoms with Crippen LogP contribution in [0.25, 0.3) is 0 Å². The molecule has 2 rings (SSSR count). The molecule has 1 N–H and O–H groups in total. The summed E-state index contributed by atoms with van der Waals surface area (Å²) in [6, 6.07) is 4.38. The van der Waals surface area contributed by atoms with Crippen molar-refractivity contribution in [2.45, 2.75) is 26.3 Å². The van der Waals surface area contributed by atoms with Crippen molar-refractivity contribution in [2.24, 2.45) is 0 Å². The molecule has 0 bridgehead atoms. The maximum atomic E-state index is 6.27. The normalized spacial score (nSPS) is 12.9. The van der Waals surface area contributed by atoms with Gasteiger partial charge in [0.2, 0.25) is 0 Å². The Kier molecular flexibility index (Phi) is 5.27. The topological polar surface area (TPSA) is 12.0 Å². The van der Waals surface area contributed by atoms with Crippen LogP contribution in [0.4, 0.5) is 0 Å². The Balaban J connectivity index is 2.33. The van der Waals surface area contributed by atoms with Crippen molar-refractivity contribution in [3.05, 3.63) is 41.6 Å². The van der Waals surface area contributed by atoms with E-state index < -0.39 is 0 Å². The van der Waals surface area contributed by atoms with E-state index in [2.05, 4.69) is 41.2 Å². The molecule has 5 heteroatoms. The molecule has 0 radical (unpaired) electrons. The summed E-state index contributed by atoms with van der Waals surface area (Å²) in [6.45, 7) is 5.30. The molecule has 0 aromatic carbocycles. The molecular formula is C13H15BrClNS2. The molecule has 2 heterocycles. The molecule has 98 valence electrons. The van der Waals surface area contributed by atoms with E-state index in [9.17, 15) is 0 Å². The molecule has 1 nitrogen and oxygen atoms in total. The molecule has 0 amide bonds. The second-order valence-electron chi connectivity index (χ2n) is 4.07. The fraction of sp³-hybridized carbons (Fsp3) is 0.385. The molecule has 2 aromatic rings. The highest BCUT2D eigenvalue weighted by Gasteiger charge is 2.20. The molecule has 0 aliphatic carbocycles. The lowest BCUT2D eigenvalue weighted by molar-refractivity contribution is 0.613. The third-order valence-electron chi connectivity index (χ3n) is 2.67. The second-order valence-corrected chi connectivity index (χ2v) is 7.57. The van der Waals surface area contributed by atoms with E-state index in [0.29, 0.717) is 0 Å². The van der Waals surface area contributed by atoms with Gasteiger partial charge in [0, 0.05) is 19.1 Å². The number of thiophene rings is 2. The van der Waals surface area contributed by atoms with Crippen molar-refractivity contribution in [3.8, 4) is 0 Å². The average Bonchev–Trinajstić information content (AvgIpc) is 2.88. The lowest BCUT2D eigenvalue weighted by Gasteiger charge is -2.16. The third-order valence-corrected chi connectivity index (χ3v) is 6.29.